The van der Waals surface area contributed by atoms with Gasteiger partial charge in [-0.05, 0) is 31.5 Å². The van der Waals surface area contributed by atoms with Crippen molar-refractivity contribution >= 4 is 33.2 Å². The van der Waals surface area contributed by atoms with Gasteiger partial charge in [0.1, 0.15) is 4.90 Å². The molecular formula is C19H19Cl2N3O2S. The van der Waals surface area contributed by atoms with Crippen molar-refractivity contribution in [3.63, 3.8) is 0 Å². The Morgan fingerprint density at radius 2 is 1.74 bits per heavy atom. The van der Waals surface area contributed by atoms with Crippen LogP contribution in [0.3, 0.4) is 0 Å². The van der Waals surface area contributed by atoms with Crippen molar-refractivity contribution in [3.8, 4) is 0 Å². The average Bonchev–Trinajstić information content (AvgIpc) is 2.89. The van der Waals surface area contributed by atoms with Crippen LogP contribution >= 0.6 is 23.2 Å². The van der Waals surface area contributed by atoms with Crippen LogP contribution in [0.1, 0.15) is 22.5 Å². The first-order valence-electron chi connectivity index (χ1n) is 8.30. The summed E-state index contributed by atoms with van der Waals surface area (Å²) < 4.78 is 29.7. The Bertz CT molecular complexity index is 1060. The molecule has 0 fully saturated rings. The number of benzene rings is 2. The van der Waals surface area contributed by atoms with Crippen molar-refractivity contribution in [2.24, 2.45) is 0 Å². The number of hydrogen-bond acceptors (Lipinski definition) is 3. The van der Waals surface area contributed by atoms with Crippen LogP contribution in [-0.4, -0.2) is 18.2 Å². The molecule has 0 bridgehead atoms. The van der Waals surface area contributed by atoms with E-state index >= 15 is 0 Å². The third kappa shape index (κ3) is 4.35. The van der Waals surface area contributed by atoms with Gasteiger partial charge in [0.25, 0.3) is 0 Å². The standard InChI is InChI=1S/C19H19Cl2N3O2S/c1-13-16(14(2)24(23-13)12-15-7-4-3-5-8-15)11-22-27(25,26)18-10-6-9-17(20)19(18)21/h3-10,22H,11-12H2,1-2H3. The lowest BCUT2D eigenvalue weighted by molar-refractivity contribution is 0.581. The minimum atomic E-state index is -3.80. The molecule has 0 amide bonds. The molecule has 0 aliphatic rings. The lowest BCUT2D eigenvalue weighted by atomic mass is 10.2. The quantitative estimate of drug-likeness (QED) is 0.641. The zero-order chi connectivity index (χ0) is 19.6. The SMILES string of the molecule is Cc1nn(Cc2ccccc2)c(C)c1CNS(=O)(=O)c1cccc(Cl)c1Cl. The zero-order valence-corrected chi connectivity index (χ0v) is 17.2. The molecule has 0 saturated heterocycles. The van der Waals surface area contributed by atoms with Gasteiger partial charge in [-0.3, -0.25) is 4.68 Å². The second kappa shape index (κ2) is 8.02. The van der Waals surface area contributed by atoms with Crippen molar-refractivity contribution < 1.29 is 8.42 Å². The molecule has 27 heavy (non-hydrogen) atoms. The Balaban J connectivity index is 1.81. The molecule has 1 aromatic heterocycles. The number of hydrogen-bond donors (Lipinski definition) is 1. The molecule has 0 aliphatic carbocycles. The number of nitrogens with zero attached hydrogens (tertiary/aromatic N) is 2. The highest BCUT2D eigenvalue weighted by atomic mass is 35.5. The molecule has 3 rings (SSSR count). The van der Waals surface area contributed by atoms with Crippen LogP contribution < -0.4 is 4.72 Å². The highest BCUT2D eigenvalue weighted by Gasteiger charge is 2.21. The Labute approximate surface area is 169 Å². The molecule has 2 aromatic carbocycles. The van der Waals surface area contributed by atoms with Gasteiger partial charge in [-0.25, -0.2) is 13.1 Å². The van der Waals surface area contributed by atoms with E-state index in [1.54, 1.807) is 12.1 Å². The number of rotatable bonds is 6. The predicted molar refractivity (Wildman–Crippen MR) is 108 cm³/mol. The Morgan fingerprint density at radius 1 is 1.04 bits per heavy atom. The molecule has 0 aliphatic heterocycles. The van der Waals surface area contributed by atoms with E-state index in [9.17, 15) is 8.42 Å². The summed E-state index contributed by atoms with van der Waals surface area (Å²) in [4.78, 5) is -0.0383. The van der Waals surface area contributed by atoms with Crippen molar-refractivity contribution in [1.82, 2.24) is 14.5 Å². The smallest absolute Gasteiger partial charge is 0.242 e. The van der Waals surface area contributed by atoms with Crippen molar-refractivity contribution in [2.45, 2.75) is 31.8 Å². The largest absolute Gasteiger partial charge is 0.265 e. The summed E-state index contributed by atoms with van der Waals surface area (Å²) in [6, 6.07) is 14.5. The molecule has 0 radical (unpaired) electrons. The summed E-state index contributed by atoms with van der Waals surface area (Å²) in [7, 11) is -3.80. The van der Waals surface area contributed by atoms with E-state index in [4.69, 9.17) is 23.2 Å². The summed E-state index contributed by atoms with van der Waals surface area (Å²) in [5.41, 5.74) is 3.66. The van der Waals surface area contributed by atoms with Gasteiger partial charge in [0.15, 0.2) is 0 Å². The highest BCUT2D eigenvalue weighted by molar-refractivity contribution is 7.89. The van der Waals surface area contributed by atoms with Gasteiger partial charge in [0.2, 0.25) is 10.0 Å². The third-order valence-electron chi connectivity index (χ3n) is 4.35. The number of halogens is 2. The van der Waals surface area contributed by atoms with E-state index in [0.29, 0.717) is 6.54 Å². The van der Waals surface area contributed by atoms with Gasteiger partial charge in [-0.2, -0.15) is 5.10 Å². The first kappa shape index (κ1) is 19.9. The first-order valence-corrected chi connectivity index (χ1v) is 10.5. The zero-order valence-electron chi connectivity index (χ0n) is 14.9. The maximum absolute atomic E-state index is 12.6. The number of nitrogens with one attached hydrogen (secondary N) is 1. The fourth-order valence-electron chi connectivity index (χ4n) is 2.84. The van der Waals surface area contributed by atoms with Crippen LogP contribution in [0.25, 0.3) is 0 Å². The fourth-order valence-corrected chi connectivity index (χ4v) is 4.59. The molecule has 1 N–H and O–H groups in total. The molecule has 1 heterocycles. The van der Waals surface area contributed by atoms with E-state index in [1.165, 1.54) is 6.07 Å². The minimum absolute atomic E-state index is 0.0138. The summed E-state index contributed by atoms with van der Waals surface area (Å²) in [5, 5.41) is 4.76. The van der Waals surface area contributed by atoms with Gasteiger partial charge in [-0.15, -0.1) is 0 Å². The lowest BCUT2D eigenvalue weighted by Crippen LogP contribution is -2.24. The van der Waals surface area contributed by atoms with Gasteiger partial charge < -0.3 is 0 Å². The van der Waals surface area contributed by atoms with Crippen molar-refractivity contribution in [2.75, 3.05) is 0 Å². The summed E-state index contributed by atoms with van der Waals surface area (Å²) in [6.07, 6.45) is 0. The lowest BCUT2D eigenvalue weighted by Gasteiger charge is -2.10. The molecule has 142 valence electrons. The molecule has 5 nitrogen and oxygen atoms in total. The first-order chi connectivity index (χ1) is 12.8. The number of aryl methyl sites for hydroxylation is 1. The van der Waals surface area contributed by atoms with Crippen LogP contribution in [0.5, 0.6) is 0 Å². The highest BCUT2D eigenvalue weighted by Crippen LogP contribution is 2.29. The Hall–Kier alpha value is -1.86. The van der Waals surface area contributed by atoms with Gasteiger partial charge >= 0.3 is 0 Å². The molecule has 0 unspecified atom stereocenters. The third-order valence-corrected chi connectivity index (χ3v) is 6.73. The Kier molecular flexibility index (Phi) is 5.91. The monoisotopic (exact) mass is 423 g/mol. The Morgan fingerprint density at radius 3 is 2.44 bits per heavy atom. The molecule has 0 spiro atoms. The maximum Gasteiger partial charge on any atom is 0.242 e. The summed E-state index contributed by atoms with van der Waals surface area (Å²) in [6.45, 7) is 4.54. The second-order valence-corrected chi connectivity index (χ2v) is 8.69. The molecular weight excluding hydrogens is 405 g/mol. The van der Waals surface area contributed by atoms with E-state index in [2.05, 4.69) is 9.82 Å². The minimum Gasteiger partial charge on any atom is -0.265 e. The van der Waals surface area contributed by atoms with Crippen LogP contribution in [0.4, 0.5) is 0 Å². The topological polar surface area (TPSA) is 64.0 Å². The fraction of sp³-hybridized carbons (Fsp3) is 0.211. The van der Waals surface area contributed by atoms with E-state index in [-0.39, 0.29) is 21.5 Å². The molecule has 0 atom stereocenters. The summed E-state index contributed by atoms with van der Waals surface area (Å²) in [5.74, 6) is 0. The average molecular weight is 424 g/mol. The van der Waals surface area contributed by atoms with Crippen LogP contribution in [0, 0.1) is 13.8 Å². The van der Waals surface area contributed by atoms with E-state index in [0.717, 1.165) is 22.5 Å². The van der Waals surface area contributed by atoms with E-state index < -0.39 is 10.0 Å². The molecule has 8 heteroatoms. The van der Waals surface area contributed by atoms with Crippen LogP contribution in [0.2, 0.25) is 10.0 Å². The normalized spacial score (nSPS) is 11.7. The number of sulfonamides is 1. The van der Waals surface area contributed by atoms with Crippen molar-refractivity contribution in [1.29, 1.82) is 0 Å². The second-order valence-electron chi connectivity index (χ2n) is 6.17. The van der Waals surface area contributed by atoms with E-state index in [1.807, 2.05) is 48.9 Å². The van der Waals surface area contributed by atoms with Crippen molar-refractivity contribution in [3.05, 3.63) is 81.1 Å². The number of aromatic nitrogens is 2. The van der Waals surface area contributed by atoms with Gasteiger partial charge in [-0.1, -0.05) is 59.6 Å². The van der Waals surface area contributed by atoms with Gasteiger partial charge in [0, 0.05) is 17.8 Å². The van der Waals surface area contributed by atoms with Gasteiger partial charge in [0.05, 0.1) is 22.3 Å². The molecule has 3 aromatic rings. The predicted octanol–water partition coefficient (Wildman–Crippen LogP) is 4.33. The molecule has 0 saturated carbocycles. The maximum atomic E-state index is 12.6. The summed E-state index contributed by atoms with van der Waals surface area (Å²) >= 11 is 12.0. The van der Waals surface area contributed by atoms with Crippen LogP contribution in [-0.2, 0) is 23.1 Å². The van der Waals surface area contributed by atoms with Crippen LogP contribution in [0.15, 0.2) is 53.4 Å².